The highest BCUT2D eigenvalue weighted by Gasteiger charge is 2.19. The molecular formula is C17H23N3. The van der Waals surface area contributed by atoms with Gasteiger partial charge in [-0.2, -0.15) is 0 Å². The summed E-state index contributed by atoms with van der Waals surface area (Å²) in [6.07, 6.45) is 8.80. The molecule has 3 heteroatoms. The van der Waals surface area contributed by atoms with Gasteiger partial charge in [-0.3, -0.25) is 0 Å². The molecule has 1 aliphatic carbocycles. The first-order valence-electron chi connectivity index (χ1n) is 7.62. The standard InChI is InChI=1S/C17H23N3/c1-13-8-6-7-11-16(13)19-17-18-14(2)12-20(17)15-9-4-3-5-10-15/h6-8,11-12,15H,3-5,9-10H2,1-2H3,(H,18,19). The van der Waals surface area contributed by atoms with Crippen molar-refractivity contribution in [3.63, 3.8) is 0 Å². The van der Waals surface area contributed by atoms with E-state index in [4.69, 9.17) is 0 Å². The summed E-state index contributed by atoms with van der Waals surface area (Å²) in [5.74, 6) is 0.990. The molecule has 1 aliphatic rings. The second kappa shape index (κ2) is 5.70. The second-order valence-electron chi connectivity index (χ2n) is 5.84. The number of hydrogen-bond acceptors (Lipinski definition) is 2. The minimum absolute atomic E-state index is 0.608. The van der Waals surface area contributed by atoms with Crippen molar-refractivity contribution in [3.8, 4) is 0 Å². The summed E-state index contributed by atoms with van der Waals surface area (Å²) in [6.45, 7) is 4.20. The van der Waals surface area contributed by atoms with Crippen molar-refractivity contribution in [1.29, 1.82) is 0 Å². The lowest BCUT2D eigenvalue weighted by atomic mass is 9.95. The number of benzene rings is 1. The molecule has 0 bridgehead atoms. The van der Waals surface area contributed by atoms with Gasteiger partial charge in [0.15, 0.2) is 0 Å². The lowest BCUT2D eigenvalue weighted by Gasteiger charge is -2.25. The molecule has 0 aliphatic heterocycles. The minimum atomic E-state index is 0.608. The number of hydrogen-bond donors (Lipinski definition) is 1. The molecule has 0 atom stereocenters. The van der Waals surface area contributed by atoms with Crippen LogP contribution in [0.5, 0.6) is 0 Å². The molecule has 1 heterocycles. The second-order valence-corrected chi connectivity index (χ2v) is 5.84. The van der Waals surface area contributed by atoms with Crippen LogP contribution in [0.3, 0.4) is 0 Å². The third-order valence-corrected chi connectivity index (χ3v) is 4.21. The topological polar surface area (TPSA) is 29.9 Å². The predicted molar refractivity (Wildman–Crippen MR) is 83.5 cm³/mol. The molecule has 1 aromatic heterocycles. The van der Waals surface area contributed by atoms with E-state index in [0.29, 0.717) is 6.04 Å². The third kappa shape index (κ3) is 2.72. The lowest BCUT2D eigenvalue weighted by molar-refractivity contribution is 0.356. The van der Waals surface area contributed by atoms with Gasteiger partial charge >= 0.3 is 0 Å². The number of rotatable bonds is 3. The van der Waals surface area contributed by atoms with Crippen molar-refractivity contribution in [2.45, 2.75) is 52.0 Å². The van der Waals surface area contributed by atoms with Crippen LogP contribution >= 0.6 is 0 Å². The first-order valence-corrected chi connectivity index (χ1v) is 7.62. The van der Waals surface area contributed by atoms with Gasteiger partial charge in [0.1, 0.15) is 0 Å². The molecule has 1 aromatic carbocycles. The Balaban J connectivity index is 1.87. The summed E-state index contributed by atoms with van der Waals surface area (Å²) in [7, 11) is 0. The van der Waals surface area contributed by atoms with E-state index < -0.39 is 0 Å². The molecule has 0 saturated heterocycles. The SMILES string of the molecule is Cc1cn(C2CCCCC2)c(Nc2ccccc2C)n1. The van der Waals surface area contributed by atoms with E-state index in [2.05, 4.69) is 59.2 Å². The van der Waals surface area contributed by atoms with Crippen LogP contribution < -0.4 is 5.32 Å². The van der Waals surface area contributed by atoms with Crippen molar-refractivity contribution in [2.75, 3.05) is 5.32 Å². The molecule has 20 heavy (non-hydrogen) atoms. The number of nitrogens with one attached hydrogen (secondary N) is 1. The van der Waals surface area contributed by atoms with E-state index in [1.807, 2.05) is 0 Å². The van der Waals surface area contributed by atoms with E-state index in [0.717, 1.165) is 17.3 Å². The molecular weight excluding hydrogens is 246 g/mol. The van der Waals surface area contributed by atoms with E-state index in [1.54, 1.807) is 0 Å². The molecule has 1 saturated carbocycles. The third-order valence-electron chi connectivity index (χ3n) is 4.21. The number of aryl methyl sites for hydroxylation is 2. The largest absolute Gasteiger partial charge is 0.325 e. The summed E-state index contributed by atoms with van der Waals surface area (Å²) in [4.78, 5) is 4.67. The van der Waals surface area contributed by atoms with E-state index in [1.165, 1.54) is 37.7 Å². The summed E-state index contributed by atoms with van der Waals surface area (Å²) in [5, 5.41) is 3.51. The van der Waals surface area contributed by atoms with Crippen molar-refractivity contribution in [2.24, 2.45) is 0 Å². The molecule has 0 amide bonds. The molecule has 3 rings (SSSR count). The number of aromatic nitrogens is 2. The Bertz CT molecular complexity index is 580. The monoisotopic (exact) mass is 269 g/mol. The molecule has 0 spiro atoms. The normalized spacial score (nSPS) is 16.3. The van der Waals surface area contributed by atoms with E-state index in [-0.39, 0.29) is 0 Å². The summed E-state index contributed by atoms with van der Waals surface area (Å²) < 4.78 is 2.35. The van der Waals surface area contributed by atoms with Crippen molar-refractivity contribution >= 4 is 11.6 Å². The maximum atomic E-state index is 4.67. The highest BCUT2D eigenvalue weighted by Crippen LogP contribution is 2.32. The molecule has 0 radical (unpaired) electrons. The lowest BCUT2D eigenvalue weighted by Crippen LogP contribution is -2.14. The first-order chi connectivity index (χ1) is 9.74. The fraction of sp³-hybridized carbons (Fsp3) is 0.471. The zero-order valence-electron chi connectivity index (χ0n) is 12.4. The van der Waals surface area contributed by atoms with Gasteiger partial charge in [0.25, 0.3) is 0 Å². The maximum Gasteiger partial charge on any atom is 0.207 e. The van der Waals surface area contributed by atoms with Gasteiger partial charge in [0, 0.05) is 17.9 Å². The van der Waals surface area contributed by atoms with Gasteiger partial charge in [0.05, 0.1) is 5.69 Å². The average Bonchev–Trinajstić information content (AvgIpc) is 2.83. The Hall–Kier alpha value is -1.77. The van der Waals surface area contributed by atoms with Crippen LogP contribution in [0.2, 0.25) is 0 Å². The fourth-order valence-electron chi connectivity index (χ4n) is 3.08. The summed E-state index contributed by atoms with van der Waals surface area (Å²) >= 11 is 0. The molecule has 1 fully saturated rings. The summed E-state index contributed by atoms with van der Waals surface area (Å²) in [6, 6.07) is 8.99. The summed E-state index contributed by atoms with van der Waals surface area (Å²) in [5.41, 5.74) is 3.49. The molecule has 1 N–H and O–H groups in total. The van der Waals surface area contributed by atoms with Gasteiger partial charge < -0.3 is 9.88 Å². The highest BCUT2D eigenvalue weighted by molar-refractivity contribution is 5.58. The van der Waals surface area contributed by atoms with Gasteiger partial charge in [-0.25, -0.2) is 4.98 Å². The average molecular weight is 269 g/mol. The van der Waals surface area contributed by atoms with Crippen molar-refractivity contribution in [3.05, 3.63) is 41.7 Å². The Kier molecular flexibility index (Phi) is 3.77. The zero-order valence-corrected chi connectivity index (χ0v) is 12.4. The van der Waals surface area contributed by atoms with Crippen LogP contribution in [0, 0.1) is 13.8 Å². The minimum Gasteiger partial charge on any atom is -0.325 e. The van der Waals surface area contributed by atoms with Crippen molar-refractivity contribution < 1.29 is 0 Å². The Morgan fingerprint density at radius 1 is 1.10 bits per heavy atom. The fourth-order valence-corrected chi connectivity index (χ4v) is 3.08. The predicted octanol–water partition coefficient (Wildman–Crippen LogP) is 4.75. The van der Waals surface area contributed by atoms with Crippen LogP contribution in [-0.4, -0.2) is 9.55 Å². The van der Waals surface area contributed by atoms with Crippen LogP contribution in [0.25, 0.3) is 0 Å². The van der Waals surface area contributed by atoms with E-state index >= 15 is 0 Å². The Labute approximate surface area is 121 Å². The van der Waals surface area contributed by atoms with Gasteiger partial charge in [-0.05, 0) is 38.3 Å². The molecule has 106 valence electrons. The quantitative estimate of drug-likeness (QED) is 0.871. The number of nitrogens with zero attached hydrogens (tertiary/aromatic N) is 2. The number of para-hydroxylation sites is 1. The Morgan fingerprint density at radius 2 is 1.85 bits per heavy atom. The van der Waals surface area contributed by atoms with Crippen molar-refractivity contribution in [1.82, 2.24) is 9.55 Å². The molecule has 0 unspecified atom stereocenters. The molecule has 2 aromatic rings. The number of imidazole rings is 1. The smallest absolute Gasteiger partial charge is 0.207 e. The van der Waals surface area contributed by atoms with Crippen LogP contribution in [-0.2, 0) is 0 Å². The van der Waals surface area contributed by atoms with Gasteiger partial charge in [-0.15, -0.1) is 0 Å². The number of anilines is 2. The van der Waals surface area contributed by atoms with Crippen LogP contribution in [0.1, 0.15) is 49.4 Å². The van der Waals surface area contributed by atoms with E-state index in [9.17, 15) is 0 Å². The molecule has 3 nitrogen and oxygen atoms in total. The van der Waals surface area contributed by atoms with Gasteiger partial charge in [0.2, 0.25) is 5.95 Å². The highest BCUT2D eigenvalue weighted by atomic mass is 15.2. The zero-order chi connectivity index (χ0) is 13.9. The van der Waals surface area contributed by atoms with Gasteiger partial charge in [-0.1, -0.05) is 37.5 Å². The first kappa shape index (κ1) is 13.2. The Morgan fingerprint density at radius 3 is 2.60 bits per heavy atom. The van der Waals surface area contributed by atoms with Crippen LogP contribution in [0.15, 0.2) is 30.5 Å². The van der Waals surface area contributed by atoms with Crippen LogP contribution in [0.4, 0.5) is 11.6 Å². The maximum absolute atomic E-state index is 4.67.